The van der Waals surface area contributed by atoms with E-state index >= 15 is 0 Å². The fraction of sp³-hybridized carbons (Fsp3) is 0.649. The van der Waals surface area contributed by atoms with Gasteiger partial charge in [0.05, 0.1) is 29.9 Å². The highest BCUT2D eigenvalue weighted by Gasteiger charge is 2.55. The molecule has 6 rings (SSSR count). The van der Waals surface area contributed by atoms with Crippen molar-refractivity contribution in [3.63, 3.8) is 0 Å². The van der Waals surface area contributed by atoms with Crippen molar-refractivity contribution in [2.75, 3.05) is 6.54 Å². The first kappa shape index (κ1) is 33.7. The zero-order valence-electron chi connectivity index (χ0n) is 28.6. The largest absolute Gasteiger partial charge is 0.471 e. The van der Waals surface area contributed by atoms with E-state index in [4.69, 9.17) is 35.8 Å². The monoisotopic (exact) mass is 665 g/mol. The lowest BCUT2D eigenvalue weighted by molar-refractivity contribution is -0.167. The lowest BCUT2D eigenvalue weighted by atomic mass is 9.77. The van der Waals surface area contributed by atoms with Crippen molar-refractivity contribution in [3.8, 4) is 5.88 Å². The smallest absolute Gasteiger partial charge is 0.329 e. The summed E-state index contributed by atoms with van der Waals surface area (Å²) in [4.78, 5) is 53.2. The molecule has 1 aromatic carbocycles. The van der Waals surface area contributed by atoms with Gasteiger partial charge in [-0.3, -0.25) is 9.59 Å². The summed E-state index contributed by atoms with van der Waals surface area (Å²) in [5.41, 5.74) is 0.523. The molecule has 10 heteroatoms. The molecule has 3 heterocycles. The predicted molar refractivity (Wildman–Crippen MR) is 180 cm³/mol. The minimum Gasteiger partial charge on any atom is -0.471 e. The van der Waals surface area contributed by atoms with Gasteiger partial charge in [-0.15, -0.1) is 0 Å². The first-order chi connectivity index (χ1) is 22.1. The Balaban J connectivity index is 1.40. The average Bonchev–Trinajstić information content (AvgIpc) is 3.53. The number of esters is 2. The molecule has 8 atom stereocenters. The van der Waals surface area contributed by atoms with Crippen LogP contribution in [0.4, 0.5) is 0 Å². The molecule has 0 unspecified atom stereocenters. The third-order valence-corrected chi connectivity index (χ3v) is 10.6. The van der Waals surface area contributed by atoms with Crippen LogP contribution < -0.4 is 4.74 Å². The van der Waals surface area contributed by atoms with E-state index in [0.29, 0.717) is 45.4 Å². The van der Waals surface area contributed by atoms with Crippen molar-refractivity contribution < 1.29 is 28.6 Å². The summed E-state index contributed by atoms with van der Waals surface area (Å²) < 4.78 is 18.6. The zero-order chi connectivity index (χ0) is 33.8. The van der Waals surface area contributed by atoms with E-state index in [-0.39, 0.29) is 30.9 Å². The van der Waals surface area contributed by atoms with Crippen molar-refractivity contribution in [2.45, 2.75) is 111 Å². The van der Waals surface area contributed by atoms with Gasteiger partial charge in [-0.2, -0.15) is 0 Å². The highest BCUT2D eigenvalue weighted by Crippen LogP contribution is 2.58. The van der Waals surface area contributed by atoms with Crippen LogP contribution >= 0.6 is 11.6 Å². The third kappa shape index (κ3) is 7.30. The molecule has 0 radical (unpaired) electrons. The highest BCUT2D eigenvalue weighted by atomic mass is 35.5. The van der Waals surface area contributed by atoms with Crippen LogP contribution in [0.3, 0.4) is 0 Å². The van der Waals surface area contributed by atoms with E-state index in [2.05, 4.69) is 6.08 Å². The van der Waals surface area contributed by atoms with Crippen molar-refractivity contribution in [3.05, 3.63) is 35.0 Å². The average molecular weight is 666 g/mol. The van der Waals surface area contributed by atoms with Crippen molar-refractivity contribution >= 4 is 46.6 Å². The normalized spacial score (nSPS) is 32.3. The van der Waals surface area contributed by atoms with E-state index in [1.54, 1.807) is 37.8 Å². The second-order valence-electron chi connectivity index (χ2n) is 16.1. The molecule has 2 aliphatic carbocycles. The minimum atomic E-state index is -0.914. The predicted octanol–water partition coefficient (Wildman–Crippen LogP) is 7.04. The molecule has 2 aromatic rings. The number of fused-ring (bicyclic) bond motifs is 7. The van der Waals surface area contributed by atoms with Crippen molar-refractivity contribution in [1.29, 1.82) is 0 Å². The molecule has 1 aromatic heterocycles. The molecule has 1 amide bonds. The number of rotatable bonds is 1. The van der Waals surface area contributed by atoms with Gasteiger partial charge in [0, 0.05) is 10.9 Å². The van der Waals surface area contributed by atoms with E-state index in [1.165, 1.54) is 6.42 Å². The Morgan fingerprint density at radius 3 is 2.49 bits per heavy atom. The van der Waals surface area contributed by atoms with E-state index in [1.807, 2.05) is 39.8 Å². The van der Waals surface area contributed by atoms with Gasteiger partial charge in [-0.25, -0.2) is 14.8 Å². The Morgan fingerprint density at radius 2 is 1.77 bits per heavy atom. The molecular weight excluding hydrogens is 618 g/mol. The van der Waals surface area contributed by atoms with Crippen LogP contribution in [0.15, 0.2) is 24.3 Å². The summed E-state index contributed by atoms with van der Waals surface area (Å²) in [6, 6.07) is 4.45. The number of benzene rings is 1. The molecule has 2 saturated carbocycles. The molecule has 1 saturated heterocycles. The molecular formula is C37H48ClN3O6. The number of halogens is 1. The summed E-state index contributed by atoms with van der Waals surface area (Å²) in [5.74, 6) is -0.400. The Morgan fingerprint density at radius 1 is 1.00 bits per heavy atom. The van der Waals surface area contributed by atoms with Gasteiger partial charge < -0.3 is 19.1 Å². The van der Waals surface area contributed by atoms with Gasteiger partial charge in [0.2, 0.25) is 11.8 Å². The minimum absolute atomic E-state index is 0.0534. The number of carbonyl (C=O) groups excluding carboxylic acids is 3. The third-order valence-electron chi connectivity index (χ3n) is 10.3. The first-order valence-corrected chi connectivity index (χ1v) is 17.5. The number of ether oxygens (including phenoxy) is 3. The van der Waals surface area contributed by atoms with Gasteiger partial charge in [0.15, 0.2) is 0 Å². The Labute approximate surface area is 282 Å². The van der Waals surface area contributed by atoms with Crippen LogP contribution in [0.25, 0.3) is 17.1 Å². The van der Waals surface area contributed by atoms with E-state index < -0.39 is 41.0 Å². The van der Waals surface area contributed by atoms with E-state index in [9.17, 15) is 14.4 Å². The molecule has 0 spiro atoms. The summed E-state index contributed by atoms with van der Waals surface area (Å²) >= 11 is 6.30. The van der Waals surface area contributed by atoms with Gasteiger partial charge in [-0.05, 0) is 100 Å². The number of hydrogen-bond donors (Lipinski definition) is 0. The van der Waals surface area contributed by atoms with Gasteiger partial charge in [0.1, 0.15) is 29.5 Å². The first-order valence-electron chi connectivity index (χ1n) is 17.1. The Bertz CT molecular complexity index is 1580. The number of amides is 1. The van der Waals surface area contributed by atoms with Crippen LogP contribution in [-0.4, -0.2) is 63.1 Å². The molecule has 3 fully saturated rings. The number of allylic oxidation sites excluding steroid dienone is 1. The number of aromatic nitrogens is 2. The molecule has 47 heavy (non-hydrogen) atoms. The van der Waals surface area contributed by atoms with Gasteiger partial charge >= 0.3 is 11.9 Å². The van der Waals surface area contributed by atoms with Crippen LogP contribution in [-0.2, 0) is 23.9 Å². The molecule has 0 N–H and O–H groups in total. The molecule has 9 nitrogen and oxygen atoms in total. The molecule has 2 aliphatic heterocycles. The number of hydrogen-bond acceptors (Lipinski definition) is 8. The number of nitrogens with zero attached hydrogens (tertiary/aromatic N) is 3. The Hall–Kier alpha value is -3.20. The van der Waals surface area contributed by atoms with Crippen LogP contribution in [0, 0.1) is 35.0 Å². The lowest BCUT2D eigenvalue weighted by Crippen LogP contribution is -2.50. The van der Waals surface area contributed by atoms with E-state index in [0.717, 1.165) is 25.7 Å². The quantitative estimate of drug-likeness (QED) is 0.299. The fourth-order valence-corrected chi connectivity index (χ4v) is 7.93. The standard InChI is InChI=1S/C37H48ClN3O6/c1-20-30-19-41(32(20)35(44)47-37(5,6)7)34(43)25(36(2,3)4)18-31(42)45-29-16-21-15-24(21)23(29)11-9-8-10-12-27-33(46-30)40-28-17-22(38)13-14-26(28)39-27/h10,12-14,17,20-21,23-25,29-30,32H,8-9,11,15-16,18-19H2,1-7H3/b12-10+/t20-,21+,23-,24+,25-,29-,30+,32+/m1/s1. The van der Waals surface area contributed by atoms with Crippen molar-refractivity contribution in [2.24, 2.45) is 35.0 Å². The summed E-state index contributed by atoms with van der Waals surface area (Å²) in [6.07, 6.45) is 8.14. The maximum absolute atomic E-state index is 14.6. The summed E-state index contributed by atoms with van der Waals surface area (Å²) in [7, 11) is 0. The zero-order valence-corrected chi connectivity index (χ0v) is 29.4. The fourth-order valence-electron chi connectivity index (χ4n) is 7.77. The van der Waals surface area contributed by atoms with Crippen LogP contribution in [0.1, 0.15) is 92.7 Å². The summed E-state index contributed by atoms with van der Waals surface area (Å²) in [6.45, 7) is 13.3. The summed E-state index contributed by atoms with van der Waals surface area (Å²) in [5, 5.41) is 0.536. The van der Waals surface area contributed by atoms with Crippen LogP contribution in [0.2, 0.25) is 5.02 Å². The maximum Gasteiger partial charge on any atom is 0.329 e. The molecule has 254 valence electrons. The second-order valence-corrected chi connectivity index (χ2v) is 16.5. The number of carbonyl (C=O) groups is 3. The molecule has 4 aliphatic rings. The second kappa shape index (κ2) is 12.7. The van der Waals surface area contributed by atoms with Gasteiger partial charge in [0.25, 0.3) is 0 Å². The van der Waals surface area contributed by atoms with Crippen molar-refractivity contribution in [1.82, 2.24) is 14.9 Å². The lowest BCUT2D eigenvalue weighted by Gasteiger charge is -2.35. The topological polar surface area (TPSA) is 108 Å². The van der Waals surface area contributed by atoms with Crippen LogP contribution in [0.5, 0.6) is 5.88 Å². The molecule has 2 bridgehead atoms. The SMILES string of the molecule is C[C@@H]1[C@@H]2CN(C(=O)[C@H](C(C)(C)C)CC(=O)O[C@@H]3C[C@@H]4C[C@@H]4[C@H]3CCC/C=C/c3nc4ccc(Cl)cc4nc3O2)[C@@H]1C(=O)OC(C)(C)C. The highest BCUT2D eigenvalue weighted by molar-refractivity contribution is 6.31. The van der Waals surface area contributed by atoms with Gasteiger partial charge in [-0.1, -0.05) is 45.4 Å². The maximum atomic E-state index is 14.6. The Kier molecular flexibility index (Phi) is 9.09.